The van der Waals surface area contributed by atoms with Crippen LogP contribution in [0.4, 0.5) is 0 Å². The van der Waals surface area contributed by atoms with Gasteiger partial charge in [-0.05, 0) is 12.8 Å². The van der Waals surface area contributed by atoms with Crippen LogP contribution >= 0.6 is 0 Å². The Bertz CT molecular complexity index is 475. The number of sulfonamides is 1. The highest BCUT2D eigenvalue weighted by Gasteiger charge is 2.26. The Morgan fingerprint density at radius 3 is 2.50 bits per heavy atom. The summed E-state index contributed by atoms with van der Waals surface area (Å²) in [5, 5.41) is 12.7. The Labute approximate surface area is 107 Å². The quantitative estimate of drug-likeness (QED) is 0.863. The molecule has 0 bridgehead atoms. The SMILES string of the molecule is O=S(=O)(c1cnn(CCO)c1)N1CCCCCC1. The number of aliphatic hydroxyl groups is 1. The van der Waals surface area contributed by atoms with Gasteiger partial charge in [-0.2, -0.15) is 9.40 Å². The van der Waals surface area contributed by atoms with Crippen molar-refractivity contribution in [2.45, 2.75) is 37.1 Å². The first-order valence-corrected chi connectivity index (χ1v) is 7.72. The van der Waals surface area contributed by atoms with Gasteiger partial charge in [0.2, 0.25) is 10.0 Å². The van der Waals surface area contributed by atoms with E-state index in [0.29, 0.717) is 19.6 Å². The molecule has 0 amide bonds. The molecule has 1 aliphatic rings. The molecular weight excluding hydrogens is 254 g/mol. The van der Waals surface area contributed by atoms with Gasteiger partial charge in [-0.3, -0.25) is 4.68 Å². The van der Waals surface area contributed by atoms with Crippen LogP contribution in [0.25, 0.3) is 0 Å². The highest BCUT2D eigenvalue weighted by molar-refractivity contribution is 7.89. The van der Waals surface area contributed by atoms with Gasteiger partial charge in [-0.25, -0.2) is 8.42 Å². The molecule has 0 saturated carbocycles. The Morgan fingerprint density at radius 1 is 1.22 bits per heavy atom. The van der Waals surface area contributed by atoms with Crippen LogP contribution in [0.5, 0.6) is 0 Å². The molecule has 2 rings (SSSR count). The lowest BCUT2D eigenvalue weighted by Gasteiger charge is -2.18. The average Bonchev–Trinajstić information content (AvgIpc) is 2.65. The van der Waals surface area contributed by atoms with Crippen LogP contribution in [0.15, 0.2) is 17.3 Å². The molecule has 1 aliphatic heterocycles. The van der Waals surface area contributed by atoms with Gasteiger partial charge in [0.05, 0.1) is 19.3 Å². The predicted molar refractivity (Wildman–Crippen MR) is 66.5 cm³/mol. The maximum Gasteiger partial charge on any atom is 0.246 e. The van der Waals surface area contributed by atoms with E-state index in [0.717, 1.165) is 25.7 Å². The molecule has 102 valence electrons. The van der Waals surface area contributed by atoms with E-state index < -0.39 is 10.0 Å². The van der Waals surface area contributed by atoms with Crippen LogP contribution in [0, 0.1) is 0 Å². The van der Waals surface area contributed by atoms with E-state index in [-0.39, 0.29) is 11.5 Å². The topological polar surface area (TPSA) is 75.4 Å². The van der Waals surface area contributed by atoms with Gasteiger partial charge < -0.3 is 5.11 Å². The van der Waals surface area contributed by atoms with Gasteiger partial charge in [0.1, 0.15) is 4.90 Å². The van der Waals surface area contributed by atoms with Crippen LogP contribution in [0.3, 0.4) is 0 Å². The van der Waals surface area contributed by atoms with Gasteiger partial charge in [0.15, 0.2) is 0 Å². The smallest absolute Gasteiger partial charge is 0.246 e. The van der Waals surface area contributed by atoms with E-state index in [2.05, 4.69) is 5.10 Å². The number of aromatic nitrogens is 2. The number of nitrogens with zero attached hydrogens (tertiary/aromatic N) is 3. The molecule has 1 saturated heterocycles. The van der Waals surface area contributed by atoms with Gasteiger partial charge in [0, 0.05) is 19.3 Å². The van der Waals surface area contributed by atoms with E-state index >= 15 is 0 Å². The fourth-order valence-electron chi connectivity index (χ4n) is 2.13. The first kappa shape index (κ1) is 13.5. The molecule has 1 aromatic rings. The Balaban J connectivity index is 2.17. The highest BCUT2D eigenvalue weighted by Crippen LogP contribution is 2.19. The summed E-state index contributed by atoms with van der Waals surface area (Å²) < 4.78 is 27.7. The zero-order chi connectivity index (χ0) is 13.0. The minimum atomic E-state index is -3.41. The minimum Gasteiger partial charge on any atom is -0.394 e. The molecule has 0 spiro atoms. The van der Waals surface area contributed by atoms with Crippen LogP contribution in [0.2, 0.25) is 0 Å². The molecule has 6 nitrogen and oxygen atoms in total. The number of hydrogen-bond donors (Lipinski definition) is 1. The third kappa shape index (κ3) is 2.90. The van der Waals surface area contributed by atoms with E-state index in [9.17, 15) is 8.42 Å². The van der Waals surface area contributed by atoms with Crippen molar-refractivity contribution in [2.24, 2.45) is 0 Å². The lowest BCUT2D eigenvalue weighted by molar-refractivity contribution is 0.269. The molecule has 1 fully saturated rings. The molecule has 0 radical (unpaired) electrons. The molecule has 0 atom stereocenters. The van der Waals surface area contributed by atoms with Crippen molar-refractivity contribution in [3.63, 3.8) is 0 Å². The second kappa shape index (κ2) is 5.81. The van der Waals surface area contributed by atoms with E-state index in [1.54, 1.807) is 4.31 Å². The van der Waals surface area contributed by atoms with Crippen molar-refractivity contribution in [1.29, 1.82) is 0 Å². The number of hydrogen-bond acceptors (Lipinski definition) is 4. The first-order valence-electron chi connectivity index (χ1n) is 6.28. The summed E-state index contributed by atoms with van der Waals surface area (Å²) in [6.07, 6.45) is 6.87. The lowest BCUT2D eigenvalue weighted by Crippen LogP contribution is -2.31. The van der Waals surface area contributed by atoms with Crippen molar-refractivity contribution in [2.75, 3.05) is 19.7 Å². The van der Waals surface area contributed by atoms with Gasteiger partial charge in [-0.1, -0.05) is 12.8 Å². The van der Waals surface area contributed by atoms with Crippen LogP contribution < -0.4 is 0 Å². The van der Waals surface area contributed by atoms with Crippen LogP contribution in [-0.4, -0.2) is 47.3 Å². The monoisotopic (exact) mass is 273 g/mol. The Kier molecular flexibility index (Phi) is 4.36. The van der Waals surface area contributed by atoms with Crippen molar-refractivity contribution >= 4 is 10.0 Å². The van der Waals surface area contributed by atoms with Crippen LogP contribution in [0.1, 0.15) is 25.7 Å². The second-order valence-electron chi connectivity index (χ2n) is 4.48. The summed E-state index contributed by atoms with van der Waals surface area (Å²) >= 11 is 0. The van der Waals surface area contributed by atoms with Crippen molar-refractivity contribution in [3.05, 3.63) is 12.4 Å². The summed E-state index contributed by atoms with van der Waals surface area (Å²) in [6.45, 7) is 1.45. The van der Waals surface area contributed by atoms with E-state index in [4.69, 9.17) is 5.11 Å². The standard InChI is InChI=1S/C11H19N3O3S/c15-8-7-13-10-11(9-12-13)18(16,17)14-5-3-1-2-4-6-14/h9-10,15H,1-8H2. The lowest BCUT2D eigenvalue weighted by atomic mass is 10.2. The van der Waals surface area contributed by atoms with Gasteiger partial charge in [0.25, 0.3) is 0 Å². The number of aliphatic hydroxyl groups excluding tert-OH is 1. The second-order valence-corrected chi connectivity index (χ2v) is 6.42. The number of rotatable bonds is 4. The molecular formula is C11H19N3O3S. The molecule has 1 aromatic heterocycles. The Hall–Kier alpha value is -0.920. The summed E-state index contributed by atoms with van der Waals surface area (Å²) in [6, 6.07) is 0. The molecule has 1 N–H and O–H groups in total. The van der Waals surface area contributed by atoms with E-state index in [1.807, 2.05) is 0 Å². The maximum absolute atomic E-state index is 12.4. The van der Waals surface area contributed by atoms with Crippen molar-refractivity contribution < 1.29 is 13.5 Å². The normalized spacial score (nSPS) is 18.7. The van der Waals surface area contributed by atoms with Crippen LogP contribution in [-0.2, 0) is 16.6 Å². The molecule has 0 aliphatic carbocycles. The third-order valence-corrected chi connectivity index (χ3v) is 4.99. The van der Waals surface area contributed by atoms with Crippen molar-refractivity contribution in [3.8, 4) is 0 Å². The molecule has 18 heavy (non-hydrogen) atoms. The summed E-state index contributed by atoms with van der Waals surface area (Å²) in [4.78, 5) is 0.220. The Morgan fingerprint density at radius 2 is 1.89 bits per heavy atom. The first-order chi connectivity index (χ1) is 8.64. The summed E-state index contributed by atoms with van der Waals surface area (Å²) in [5.41, 5.74) is 0. The zero-order valence-electron chi connectivity index (χ0n) is 10.3. The van der Waals surface area contributed by atoms with Gasteiger partial charge in [-0.15, -0.1) is 0 Å². The fraction of sp³-hybridized carbons (Fsp3) is 0.727. The molecule has 0 unspecified atom stereocenters. The molecule has 2 heterocycles. The predicted octanol–water partition coefficient (Wildman–Crippen LogP) is 0.440. The summed E-state index contributed by atoms with van der Waals surface area (Å²) in [5.74, 6) is 0. The fourth-order valence-corrected chi connectivity index (χ4v) is 3.61. The third-order valence-electron chi connectivity index (χ3n) is 3.14. The van der Waals surface area contributed by atoms with E-state index in [1.165, 1.54) is 17.1 Å². The highest BCUT2D eigenvalue weighted by atomic mass is 32.2. The van der Waals surface area contributed by atoms with Crippen molar-refractivity contribution in [1.82, 2.24) is 14.1 Å². The maximum atomic E-state index is 12.4. The average molecular weight is 273 g/mol. The zero-order valence-corrected chi connectivity index (χ0v) is 11.1. The van der Waals surface area contributed by atoms with Gasteiger partial charge >= 0.3 is 0 Å². The molecule has 0 aromatic carbocycles. The molecule has 7 heteroatoms. The minimum absolute atomic E-state index is 0.0507. The largest absolute Gasteiger partial charge is 0.394 e. The summed E-state index contributed by atoms with van der Waals surface area (Å²) in [7, 11) is -3.41.